The average molecular weight is 298 g/mol. The summed E-state index contributed by atoms with van der Waals surface area (Å²) >= 11 is 0. The van der Waals surface area contributed by atoms with Gasteiger partial charge in [-0.1, -0.05) is 40.6 Å². The number of aryl methyl sites for hydroxylation is 2. The lowest BCUT2D eigenvalue weighted by molar-refractivity contribution is 0.259. The van der Waals surface area contributed by atoms with Crippen molar-refractivity contribution in [3.63, 3.8) is 0 Å². The van der Waals surface area contributed by atoms with Crippen molar-refractivity contribution in [3.8, 4) is 11.4 Å². The van der Waals surface area contributed by atoms with Crippen molar-refractivity contribution in [2.24, 2.45) is 0 Å². The first-order chi connectivity index (χ1) is 10.6. The zero-order chi connectivity index (χ0) is 15.5. The maximum atomic E-state index is 5.33. The number of rotatable bonds is 5. The second kappa shape index (κ2) is 6.11. The van der Waals surface area contributed by atoms with Gasteiger partial charge in [0.25, 0.3) is 0 Å². The lowest BCUT2D eigenvalue weighted by atomic mass is 10.2. The number of hydrogen-bond donors (Lipinski definition) is 0. The quantitative estimate of drug-likeness (QED) is 0.721. The molecule has 6 nitrogen and oxygen atoms in total. The predicted octanol–water partition coefficient (Wildman–Crippen LogP) is 2.97. The van der Waals surface area contributed by atoms with Crippen molar-refractivity contribution in [3.05, 3.63) is 53.2 Å². The van der Waals surface area contributed by atoms with Crippen molar-refractivity contribution >= 4 is 0 Å². The van der Waals surface area contributed by atoms with Crippen LogP contribution < -0.4 is 0 Å². The molecule has 0 N–H and O–H groups in total. The summed E-state index contributed by atoms with van der Waals surface area (Å²) < 4.78 is 10.5. The normalized spacial score (nSPS) is 11.3. The highest BCUT2D eigenvalue weighted by atomic mass is 16.5. The summed E-state index contributed by atoms with van der Waals surface area (Å²) in [5.41, 5.74) is 2.97. The zero-order valence-corrected chi connectivity index (χ0v) is 12.9. The molecule has 3 aromatic rings. The van der Waals surface area contributed by atoms with Crippen LogP contribution in [0.1, 0.15) is 22.9 Å². The van der Waals surface area contributed by atoms with E-state index in [0.717, 1.165) is 29.1 Å². The Labute approximate surface area is 128 Å². The van der Waals surface area contributed by atoms with Gasteiger partial charge in [0, 0.05) is 17.7 Å². The molecule has 0 radical (unpaired) electrons. The van der Waals surface area contributed by atoms with Gasteiger partial charge in [0.15, 0.2) is 0 Å². The highest BCUT2D eigenvalue weighted by molar-refractivity contribution is 5.53. The van der Waals surface area contributed by atoms with E-state index in [1.165, 1.54) is 0 Å². The first-order valence-corrected chi connectivity index (χ1v) is 7.12. The van der Waals surface area contributed by atoms with Crippen molar-refractivity contribution in [1.82, 2.24) is 20.2 Å². The van der Waals surface area contributed by atoms with Crippen LogP contribution in [0.5, 0.6) is 0 Å². The van der Waals surface area contributed by atoms with E-state index in [1.807, 2.05) is 51.2 Å². The maximum absolute atomic E-state index is 5.33. The molecule has 1 aromatic carbocycles. The van der Waals surface area contributed by atoms with Crippen LogP contribution >= 0.6 is 0 Å². The Morgan fingerprint density at radius 3 is 2.45 bits per heavy atom. The van der Waals surface area contributed by atoms with Gasteiger partial charge in [-0.3, -0.25) is 4.90 Å². The smallest absolute Gasteiger partial charge is 0.241 e. The van der Waals surface area contributed by atoms with Gasteiger partial charge >= 0.3 is 0 Å². The standard InChI is InChI=1S/C16H18N4O2/c1-11-14(12(2)21-18-11)9-20(3)10-15-17-16(19-22-15)13-7-5-4-6-8-13/h4-8H,9-10H2,1-3H3. The number of benzene rings is 1. The van der Waals surface area contributed by atoms with E-state index in [0.29, 0.717) is 18.3 Å². The molecular formula is C16H18N4O2. The van der Waals surface area contributed by atoms with Crippen LogP contribution in [0.15, 0.2) is 39.4 Å². The third-order valence-corrected chi connectivity index (χ3v) is 3.51. The Morgan fingerprint density at radius 2 is 1.77 bits per heavy atom. The minimum atomic E-state index is 0.573. The van der Waals surface area contributed by atoms with E-state index < -0.39 is 0 Å². The van der Waals surface area contributed by atoms with Crippen LogP contribution in [0.2, 0.25) is 0 Å². The molecule has 0 unspecified atom stereocenters. The van der Waals surface area contributed by atoms with Gasteiger partial charge in [0.05, 0.1) is 12.2 Å². The first kappa shape index (κ1) is 14.5. The molecule has 0 atom stereocenters. The molecule has 0 bridgehead atoms. The largest absolute Gasteiger partial charge is 0.361 e. The van der Waals surface area contributed by atoms with Crippen molar-refractivity contribution in [2.75, 3.05) is 7.05 Å². The van der Waals surface area contributed by atoms with E-state index in [9.17, 15) is 0 Å². The molecule has 0 saturated heterocycles. The molecule has 0 amide bonds. The Balaban J connectivity index is 1.68. The summed E-state index contributed by atoms with van der Waals surface area (Å²) in [5.74, 6) is 2.05. The molecular weight excluding hydrogens is 280 g/mol. The molecule has 2 aromatic heterocycles. The summed E-state index contributed by atoms with van der Waals surface area (Å²) in [5, 5.41) is 7.99. The molecule has 0 fully saturated rings. The van der Waals surface area contributed by atoms with Gasteiger partial charge in [-0.2, -0.15) is 4.98 Å². The van der Waals surface area contributed by atoms with Gasteiger partial charge in [0.1, 0.15) is 5.76 Å². The second-order valence-electron chi connectivity index (χ2n) is 5.35. The van der Waals surface area contributed by atoms with Crippen LogP contribution in [0.25, 0.3) is 11.4 Å². The molecule has 6 heteroatoms. The Morgan fingerprint density at radius 1 is 1.00 bits per heavy atom. The Bertz CT molecular complexity index is 729. The van der Waals surface area contributed by atoms with Crippen molar-refractivity contribution in [2.45, 2.75) is 26.9 Å². The van der Waals surface area contributed by atoms with Gasteiger partial charge < -0.3 is 9.05 Å². The molecule has 0 aliphatic heterocycles. The minimum Gasteiger partial charge on any atom is -0.361 e. The molecule has 114 valence electrons. The third-order valence-electron chi connectivity index (χ3n) is 3.51. The van der Waals surface area contributed by atoms with E-state index >= 15 is 0 Å². The Hall–Kier alpha value is -2.47. The Kier molecular flexibility index (Phi) is 4.02. The van der Waals surface area contributed by atoms with Gasteiger partial charge in [-0.25, -0.2) is 0 Å². The SMILES string of the molecule is Cc1noc(C)c1CN(C)Cc1nc(-c2ccccc2)no1. The lowest BCUT2D eigenvalue weighted by Gasteiger charge is -2.13. The summed E-state index contributed by atoms with van der Waals surface area (Å²) in [6.07, 6.45) is 0. The van der Waals surface area contributed by atoms with E-state index in [4.69, 9.17) is 9.05 Å². The number of hydrogen-bond acceptors (Lipinski definition) is 6. The molecule has 0 saturated carbocycles. The second-order valence-corrected chi connectivity index (χ2v) is 5.35. The van der Waals surface area contributed by atoms with Crippen molar-refractivity contribution < 1.29 is 9.05 Å². The average Bonchev–Trinajstić information content (AvgIpc) is 3.10. The van der Waals surface area contributed by atoms with Crippen LogP contribution in [-0.2, 0) is 13.1 Å². The van der Waals surface area contributed by atoms with E-state index in [1.54, 1.807) is 0 Å². The number of aromatic nitrogens is 3. The minimum absolute atomic E-state index is 0.573. The van der Waals surface area contributed by atoms with E-state index in [-0.39, 0.29) is 0 Å². The van der Waals surface area contributed by atoms with Gasteiger partial charge in [-0.15, -0.1) is 0 Å². The van der Waals surface area contributed by atoms with Crippen LogP contribution in [0.4, 0.5) is 0 Å². The van der Waals surface area contributed by atoms with Crippen LogP contribution in [0, 0.1) is 13.8 Å². The van der Waals surface area contributed by atoms with Gasteiger partial charge in [0.2, 0.25) is 11.7 Å². The van der Waals surface area contributed by atoms with Crippen LogP contribution in [-0.4, -0.2) is 27.2 Å². The van der Waals surface area contributed by atoms with Gasteiger partial charge in [-0.05, 0) is 20.9 Å². The number of nitrogens with zero attached hydrogens (tertiary/aromatic N) is 4. The first-order valence-electron chi connectivity index (χ1n) is 7.12. The molecule has 0 spiro atoms. The maximum Gasteiger partial charge on any atom is 0.241 e. The highest BCUT2D eigenvalue weighted by Crippen LogP contribution is 2.17. The van der Waals surface area contributed by atoms with Crippen LogP contribution in [0.3, 0.4) is 0 Å². The fourth-order valence-corrected chi connectivity index (χ4v) is 2.31. The fraction of sp³-hybridized carbons (Fsp3) is 0.312. The summed E-state index contributed by atoms with van der Waals surface area (Å²) in [6.45, 7) is 5.16. The molecule has 2 heterocycles. The monoisotopic (exact) mass is 298 g/mol. The fourth-order valence-electron chi connectivity index (χ4n) is 2.31. The topological polar surface area (TPSA) is 68.2 Å². The lowest BCUT2D eigenvalue weighted by Crippen LogP contribution is -2.18. The molecule has 0 aliphatic rings. The predicted molar refractivity (Wildman–Crippen MR) is 80.9 cm³/mol. The molecule has 0 aliphatic carbocycles. The summed E-state index contributed by atoms with van der Waals surface area (Å²) in [6, 6.07) is 9.79. The zero-order valence-electron chi connectivity index (χ0n) is 12.9. The third kappa shape index (κ3) is 3.07. The van der Waals surface area contributed by atoms with E-state index in [2.05, 4.69) is 20.2 Å². The molecule has 22 heavy (non-hydrogen) atoms. The summed E-state index contributed by atoms with van der Waals surface area (Å²) in [4.78, 5) is 6.53. The highest BCUT2D eigenvalue weighted by Gasteiger charge is 2.14. The summed E-state index contributed by atoms with van der Waals surface area (Å²) in [7, 11) is 2.00. The molecule has 3 rings (SSSR count). The van der Waals surface area contributed by atoms with Crippen molar-refractivity contribution in [1.29, 1.82) is 0 Å².